The molecule has 3 fully saturated rings. The van der Waals surface area contributed by atoms with Crippen molar-refractivity contribution in [1.29, 1.82) is 0 Å². The molecule has 2 heterocycles. The number of nitrogens with one attached hydrogen (secondary N) is 2. The Morgan fingerprint density at radius 2 is 2.03 bits per heavy atom. The maximum Gasteiger partial charge on any atom is 0.271 e. The van der Waals surface area contributed by atoms with Gasteiger partial charge in [0, 0.05) is 29.8 Å². The monoisotopic (exact) mass is 509 g/mol. The number of likely N-dealkylation sites (tertiary alicyclic amines) is 1. The molecule has 6 atom stereocenters. The molecular weight excluding hydrogens is 474 g/mol. The van der Waals surface area contributed by atoms with Gasteiger partial charge in [0.2, 0.25) is 5.91 Å². The lowest BCUT2D eigenvalue weighted by Gasteiger charge is -2.29. The predicted molar refractivity (Wildman–Crippen MR) is 136 cm³/mol. The number of methoxy groups -OCH3 is 1. The molecule has 9 nitrogen and oxygen atoms in total. The van der Waals surface area contributed by atoms with Crippen molar-refractivity contribution in [3.05, 3.63) is 30.0 Å². The Morgan fingerprint density at radius 3 is 2.73 bits per heavy atom. The van der Waals surface area contributed by atoms with Crippen LogP contribution in [0.5, 0.6) is 5.75 Å². The summed E-state index contributed by atoms with van der Waals surface area (Å²) in [6, 6.07) is 5.62. The average Bonchev–Trinajstić information content (AvgIpc) is 3.66. The highest BCUT2D eigenvalue weighted by Gasteiger charge is 2.50. The van der Waals surface area contributed by atoms with Gasteiger partial charge in [0.1, 0.15) is 29.4 Å². The van der Waals surface area contributed by atoms with Gasteiger partial charge in [0.05, 0.1) is 13.2 Å². The standard InChI is InChI=1S/C28H35N3O6/c1-15(32)26(34)21(12-16-6-4-10-23(16)33)30-27(35)25-18-8-3-7-17(18)14-31(25)28(36)22-13-19-20(29-22)9-5-11-24(19)37-2/h5,9,11,13,15-18,21,25,29,32H,3-4,6-8,10,12,14H2,1-2H3,(H,30,35)/t15?,16-,17-,18-,21-,25-/m0/s1. The first-order valence-corrected chi connectivity index (χ1v) is 13.3. The number of nitrogens with zero attached hydrogens (tertiary/aromatic N) is 1. The van der Waals surface area contributed by atoms with Crippen molar-refractivity contribution in [2.24, 2.45) is 17.8 Å². The largest absolute Gasteiger partial charge is 0.496 e. The van der Waals surface area contributed by atoms with E-state index < -0.39 is 24.0 Å². The number of ether oxygens (including phenoxy) is 1. The molecule has 37 heavy (non-hydrogen) atoms. The number of amides is 2. The second-order valence-electron chi connectivity index (χ2n) is 10.8. The van der Waals surface area contributed by atoms with Crippen LogP contribution in [-0.2, 0) is 14.4 Å². The number of ketones is 2. The highest BCUT2D eigenvalue weighted by molar-refractivity contribution is 6.02. The van der Waals surface area contributed by atoms with Crippen LogP contribution >= 0.6 is 0 Å². The van der Waals surface area contributed by atoms with Crippen LogP contribution in [-0.4, -0.2) is 70.2 Å². The van der Waals surface area contributed by atoms with Crippen LogP contribution in [0.3, 0.4) is 0 Å². The van der Waals surface area contributed by atoms with E-state index in [1.807, 2.05) is 18.2 Å². The van der Waals surface area contributed by atoms with Gasteiger partial charge in [-0.1, -0.05) is 12.5 Å². The molecule has 3 N–H and O–H groups in total. The molecule has 2 amide bonds. The Kier molecular flexibility index (Phi) is 7.07. The maximum absolute atomic E-state index is 13.7. The van der Waals surface area contributed by atoms with Gasteiger partial charge in [-0.15, -0.1) is 0 Å². The molecule has 0 bridgehead atoms. The van der Waals surface area contributed by atoms with Gasteiger partial charge in [0.15, 0.2) is 5.78 Å². The summed E-state index contributed by atoms with van der Waals surface area (Å²) >= 11 is 0. The molecule has 2 aliphatic carbocycles. The number of hydrogen-bond donors (Lipinski definition) is 3. The Balaban J connectivity index is 1.40. The molecular formula is C28H35N3O6. The summed E-state index contributed by atoms with van der Waals surface area (Å²) in [5, 5.41) is 13.6. The zero-order valence-corrected chi connectivity index (χ0v) is 21.4. The van der Waals surface area contributed by atoms with Gasteiger partial charge >= 0.3 is 0 Å². The number of benzene rings is 1. The lowest BCUT2D eigenvalue weighted by Crippen LogP contribution is -2.54. The smallest absolute Gasteiger partial charge is 0.271 e. The number of carbonyl (C=O) groups is 4. The minimum absolute atomic E-state index is 0.0123. The fourth-order valence-corrected chi connectivity index (χ4v) is 6.64. The van der Waals surface area contributed by atoms with Crippen molar-refractivity contribution >= 4 is 34.3 Å². The van der Waals surface area contributed by atoms with Crippen molar-refractivity contribution in [2.75, 3.05) is 13.7 Å². The minimum Gasteiger partial charge on any atom is -0.496 e. The average molecular weight is 510 g/mol. The van der Waals surface area contributed by atoms with Crippen molar-refractivity contribution in [2.45, 2.75) is 70.1 Å². The second kappa shape index (κ2) is 10.3. The SMILES string of the molecule is COc1cccc2[nH]c(C(=O)N3C[C@@H]4CCC[C@@H]4[C@H]3C(=O)N[C@@H](C[C@@H]3CCCC3=O)C(=O)C(C)O)cc12. The van der Waals surface area contributed by atoms with Gasteiger partial charge < -0.3 is 25.0 Å². The van der Waals surface area contributed by atoms with Gasteiger partial charge in [-0.25, -0.2) is 0 Å². The van der Waals surface area contributed by atoms with Crippen LogP contribution in [0, 0.1) is 17.8 Å². The molecule has 9 heteroatoms. The van der Waals surface area contributed by atoms with Crippen LogP contribution in [0.1, 0.15) is 62.4 Å². The van der Waals surface area contributed by atoms with Crippen LogP contribution in [0.25, 0.3) is 10.9 Å². The first-order chi connectivity index (χ1) is 17.8. The molecule has 1 aromatic carbocycles. The van der Waals surface area contributed by atoms with E-state index in [0.717, 1.165) is 36.6 Å². The highest BCUT2D eigenvalue weighted by Crippen LogP contribution is 2.43. The van der Waals surface area contributed by atoms with E-state index in [-0.39, 0.29) is 41.8 Å². The molecule has 0 radical (unpaired) electrons. The summed E-state index contributed by atoms with van der Waals surface area (Å²) in [7, 11) is 1.58. The summed E-state index contributed by atoms with van der Waals surface area (Å²) in [5.41, 5.74) is 1.15. The zero-order valence-electron chi connectivity index (χ0n) is 21.4. The molecule has 1 saturated heterocycles. The molecule has 1 unspecified atom stereocenters. The van der Waals surface area contributed by atoms with E-state index in [4.69, 9.17) is 4.74 Å². The van der Waals surface area contributed by atoms with Crippen LogP contribution in [0.4, 0.5) is 0 Å². The van der Waals surface area contributed by atoms with Crippen molar-refractivity contribution in [3.63, 3.8) is 0 Å². The summed E-state index contributed by atoms with van der Waals surface area (Å²) < 4.78 is 5.43. The molecule has 198 valence electrons. The number of Topliss-reactive ketones (excluding diaryl/α,β-unsaturated/α-hetero) is 2. The van der Waals surface area contributed by atoms with E-state index in [1.54, 1.807) is 18.1 Å². The van der Waals surface area contributed by atoms with E-state index >= 15 is 0 Å². The number of aromatic nitrogens is 1. The summed E-state index contributed by atoms with van der Waals surface area (Å²) in [6.45, 7) is 1.85. The lowest BCUT2D eigenvalue weighted by atomic mass is 9.91. The zero-order chi connectivity index (χ0) is 26.3. The van der Waals surface area contributed by atoms with Crippen molar-refractivity contribution < 1.29 is 29.0 Å². The molecule has 2 saturated carbocycles. The number of H-pyrrole nitrogens is 1. The minimum atomic E-state index is -1.26. The Bertz CT molecular complexity index is 1220. The summed E-state index contributed by atoms with van der Waals surface area (Å²) in [6.07, 6.45) is 3.65. The molecule has 3 aliphatic rings. The molecule has 1 aliphatic heterocycles. The maximum atomic E-state index is 13.7. The van der Waals surface area contributed by atoms with Crippen molar-refractivity contribution in [3.8, 4) is 5.75 Å². The van der Waals surface area contributed by atoms with Gasteiger partial charge in [0.25, 0.3) is 5.91 Å². The van der Waals surface area contributed by atoms with E-state index in [1.165, 1.54) is 6.92 Å². The molecule has 1 aromatic heterocycles. The molecule has 5 rings (SSSR count). The Hall–Kier alpha value is -3.20. The third-order valence-corrected chi connectivity index (χ3v) is 8.52. The van der Waals surface area contributed by atoms with E-state index in [0.29, 0.717) is 30.8 Å². The summed E-state index contributed by atoms with van der Waals surface area (Å²) in [5.74, 6) is -0.469. The number of aliphatic hydroxyl groups excluding tert-OH is 1. The quantitative estimate of drug-likeness (QED) is 0.502. The Morgan fingerprint density at radius 1 is 1.22 bits per heavy atom. The van der Waals surface area contributed by atoms with Gasteiger partial charge in [-0.3, -0.25) is 19.2 Å². The number of carbonyl (C=O) groups excluding carboxylic acids is 4. The fourth-order valence-electron chi connectivity index (χ4n) is 6.64. The van der Waals surface area contributed by atoms with Crippen LogP contribution < -0.4 is 10.1 Å². The predicted octanol–water partition coefficient (Wildman–Crippen LogP) is 2.61. The Labute approximate surface area is 215 Å². The van der Waals surface area contributed by atoms with Crippen LogP contribution in [0.2, 0.25) is 0 Å². The first-order valence-electron chi connectivity index (χ1n) is 13.3. The van der Waals surface area contributed by atoms with Gasteiger partial charge in [-0.2, -0.15) is 0 Å². The topological polar surface area (TPSA) is 129 Å². The third kappa shape index (κ3) is 4.77. The molecule has 2 aromatic rings. The number of rotatable bonds is 8. The number of aliphatic hydroxyl groups is 1. The highest BCUT2D eigenvalue weighted by atomic mass is 16.5. The van der Waals surface area contributed by atoms with E-state index in [9.17, 15) is 24.3 Å². The fraction of sp³-hybridized carbons (Fsp3) is 0.571. The van der Waals surface area contributed by atoms with E-state index in [2.05, 4.69) is 10.3 Å². The molecule has 0 spiro atoms. The van der Waals surface area contributed by atoms with Crippen molar-refractivity contribution in [1.82, 2.24) is 15.2 Å². The van der Waals surface area contributed by atoms with Gasteiger partial charge in [-0.05, 0) is 69.1 Å². The normalized spacial score (nSPS) is 26.8. The third-order valence-electron chi connectivity index (χ3n) is 8.52. The number of fused-ring (bicyclic) bond motifs is 2. The number of aromatic amines is 1. The number of hydrogen-bond acceptors (Lipinski definition) is 6. The van der Waals surface area contributed by atoms with Crippen LogP contribution in [0.15, 0.2) is 24.3 Å². The summed E-state index contributed by atoms with van der Waals surface area (Å²) in [4.78, 5) is 57.4. The first kappa shape index (κ1) is 25.4. The second-order valence-corrected chi connectivity index (χ2v) is 10.8. The lowest BCUT2D eigenvalue weighted by molar-refractivity contribution is -0.135.